The number of rotatable bonds is 4. The fourth-order valence-corrected chi connectivity index (χ4v) is 1.60. The summed E-state index contributed by atoms with van der Waals surface area (Å²) in [6, 6.07) is 3.94. The van der Waals surface area contributed by atoms with Gasteiger partial charge in [-0.2, -0.15) is 0 Å². The van der Waals surface area contributed by atoms with Crippen LogP contribution >= 0.6 is 0 Å². The van der Waals surface area contributed by atoms with Crippen molar-refractivity contribution >= 4 is 11.7 Å². The van der Waals surface area contributed by atoms with E-state index in [2.05, 4.69) is 4.98 Å². The molecule has 5 nitrogen and oxygen atoms in total. The predicted molar refractivity (Wildman–Crippen MR) is 71.0 cm³/mol. The Morgan fingerprint density at radius 1 is 1.24 bits per heavy atom. The number of hydrogen-bond donors (Lipinski definition) is 1. The first-order valence-electron chi connectivity index (χ1n) is 6.06. The van der Waals surface area contributed by atoms with Crippen LogP contribution in [-0.4, -0.2) is 17.6 Å². The predicted octanol–water partition coefficient (Wildman–Crippen LogP) is 2.91. The number of aromatic nitrogens is 1. The van der Waals surface area contributed by atoms with E-state index in [1.165, 1.54) is 12.3 Å². The Bertz CT molecular complexity index is 657. The summed E-state index contributed by atoms with van der Waals surface area (Å²) in [6.45, 7) is 1.84. The smallest absolute Gasteiger partial charge is 0.340 e. The van der Waals surface area contributed by atoms with Crippen LogP contribution in [0.1, 0.15) is 17.3 Å². The second kappa shape index (κ2) is 6.17. The molecule has 110 valence electrons. The highest BCUT2D eigenvalue weighted by Crippen LogP contribution is 2.24. The zero-order chi connectivity index (χ0) is 15.4. The highest BCUT2D eigenvalue weighted by molar-refractivity contribution is 5.95. The van der Waals surface area contributed by atoms with E-state index in [9.17, 15) is 13.6 Å². The number of hydrogen-bond acceptors (Lipinski definition) is 5. The normalized spacial score (nSPS) is 10.2. The first-order valence-corrected chi connectivity index (χ1v) is 6.06. The fraction of sp³-hybridized carbons (Fsp3) is 0.143. The summed E-state index contributed by atoms with van der Waals surface area (Å²) in [4.78, 5) is 15.5. The molecular formula is C14H12F2N2O3. The zero-order valence-corrected chi connectivity index (χ0v) is 11.1. The van der Waals surface area contributed by atoms with Gasteiger partial charge in [0.15, 0.2) is 0 Å². The van der Waals surface area contributed by atoms with E-state index in [-0.39, 0.29) is 29.5 Å². The van der Waals surface area contributed by atoms with Crippen LogP contribution in [0.5, 0.6) is 11.6 Å². The van der Waals surface area contributed by atoms with Crippen LogP contribution in [-0.2, 0) is 4.74 Å². The maximum Gasteiger partial charge on any atom is 0.340 e. The minimum atomic E-state index is -0.786. The van der Waals surface area contributed by atoms with E-state index in [1.807, 2.05) is 0 Å². The number of pyridine rings is 1. The quantitative estimate of drug-likeness (QED) is 0.878. The van der Waals surface area contributed by atoms with Crippen molar-refractivity contribution < 1.29 is 23.0 Å². The number of nitrogens with two attached hydrogens (primary N) is 1. The molecule has 0 saturated carbocycles. The molecule has 0 atom stereocenters. The lowest BCUT2D eigenvalue weighted by atomic mass is 10.2. The number of halogens is 2. The maximum atomic E-state index is 13.1. The van der Waals surface area contributed by atoms with E-state index in [0.29, 0.717) is 6.07 Å². The molecular weight excluding hydrogens is 282 g/mol. The van der Waals surface area contributed by atoms with Crippen molar-refractivity contribution in [3.05, 3.63) is 47.7 Å². The minimum absolute atomic E-state index is 0.0303. The van der Waals surface area contributed by atoms with Gasteiger partial charge in [0.1, 0.15) is 17.4 Å². The summed E-state index contributed by atoms with van der Waals surface area (Å²) < 4.78 is 36.2. The van der Waals surface area contributed by atoms with E-state index in [1.54, 1.807) is 6.92 Å². The van der Waals surface area contributed by atoms with Gasteiger partial charge in [0.25, 0.3) is 0 Å². The minimum Gasteiger partial charge on any atom is -0.462 e. The molecule has 0 fully saturated rings. The van der Waals surface area contributed by atoms with Crippen LogP contribution < -0.4 is 10.5 Å². The zero-order valence-electron chi connectivity index (χ0n) is 11.1. The van der Waals surface area contributed by atoms with Gasteiger partial charge in [-0.15, -0.1) is 0 Å². The molecule has 0 radical (unpaired) electrons. The molecule has 0 spiro atoms. The Kier molecular flexibility index (Phi) is 4.32. The van der Waals surface area contributed by atoms with Gasteiger partial charge in [-0.1, -0.05) is 0 Å². The molecule has 0 saturated heterocycles. The van der Waals surface area contributed by atoms with Crippen LogP contribution in [0.15, 0.2) is 30.5 Å². The highest BCUT2D eigenvalue weighted by Gasteiger charge is 2.14. The molecule has 2 rings (SSSR count). The van der Waals surface area contributed by atoms with E-state index in [4.69, 9.17) is 15.2 Å². The van der Waals surface area contributed by atoms with Gasteiger partial charge in [0.05, 0.1) is 24.1 Å². The summed E-state index contributed by atoms with van der Waals surface area (Å²) in [5.74, 6) is -2.32. The number of esters is 1. The molecule has 1 aromatic heterocycles. The third-order valence-corrected chi connectivity index (χ3v) is 2.46. The van der Waals surface area contributed by atoms with Gasteiger partial charge in [-0.3, -0.25) is 0 Å². The number of ether oxygens (including phenoxy) is 2. The topological polar surface area (TPSA) is 74.4 Å². The van der Waals surface area contributed by atoms with Crippen molar-refractivity contribution in [2.24, 2.45) is 0 Å². The second-order valence-electron chi connectivity index (χ2n) is 4.04. The van der Waals surface area contributed by atoms with Crippen molar-refractivity contribution in [3.8, 4) is 11.6 Å². The van der Waals surface area contributed by atoms with Gasteiger partial charge in [0.2, 0.25) is 5.88 Å². The Hall–Kier alpha value is -2.70. The van der Waals surface area contributed by atoms with Crippen LogP contribution in [0, 0.1) is 11.6 Å². The second-order valence-corrected chi connectivity index (χ2v) is 4.04. The van der Waals surface area contributed by atoms with Crippen molar-refractivity contribution in [2.75, 3.05) is 12.3 Å². The van der Waals surface area contributed by atoms with Crippen LogP contribution in [0.3, 0.4) is 0 Å². The van der Waals surface area contributed by atoms with Crippen molar-refractivity contribution in [2.45, 2.75) is 6.92 Å². The van der Waals surface area contributed by atoms with E-state index in [0.717, 1.165) is 12.1 Å². The molecule has 0 bridgehead atoms. The Balaban J connectivity index is 2.28. The summed E-state index contributed by atoms with van der Waals surface area (Å²) in [7, 11) is 0. The number of carbonyl (C=O) groups excluding carboxylic acids is 1. The lowest BCUT2D eigenvalue weighted by molar-refractivity contribution is 0.0527. The molecule has 1 aromatic carbocycles. The number of nitrogen functional groups attached to an aromatic ring is 1. The average Bonchev–Trinajstić information content (AvgIpc) is 2.40. The van der Waals surface area contributed by atoms with E-state index < -0.39 is 17.6 Å². The first kappa shape index (κ1) is 14.7. The number of anilines is 1. The summed E-state index contributed by atoms with van der Waals surface area (Å²) in [5.41, 5.74) is 5.81. The van der Waals surface area contributed by atoms with Crippen molar-refractivity contribution in [1.82, 2.24) is 4.98 Å². The standard InChI is InChI=1S/C14H12F2N2O3/c1-2-20-14(19)11-6-13(18-7-12(11)17)21-10-4-8(15)3-9(16)5-10/h3-7H,2,17H2,1H3. The molecule has 21 heavy (non-hydrogen) atoms. The summed E-state index contributed by atoms with van der Waals surface area (Å²) in [6.07, 6.45) is 1.21. The molecule has 0 unspecified atom stereocenters. The Labute approximate surface area is 119 Å². The van der Waals surface area contributed by atoms with E-state index >= 15 is 0 Å². The Morgan fingerprint density at radius 2 is 1.90 bits per heavy atom. The largest absolute Gasteiger partial charge is 0.462 e. The molecule has 2 aromatic rings. The number of carbonyl (C=O) groups is 1. The lowest BCUT2D eigenvalue weighted by Crippen LogP contribution is -2.08. The lowest BCUT2D eigenvalue weighted by Gasteiger charge is -2.08. The van der Waals surface area contributed by atoms with Gasteiger partial charge in [-0.25, -0.2) is 18.6 Å². The number of benzene rings is 1. The van der Waals surface area contributed by atoms with Gasteiger partial charge in [0, 0.05) is 24.3 Å². The van der Waals surface area contributed by atoms with Gasteiger partial charge < -0.3 is 15.2 Å². The maximum absolute atomic E-state index is 13.1. The van der Waals surface area contributed by atoms with Gasteiger partial charge in [-0.05, 0) is 6.92 Å². The molecule has 0 aliphatic carbocycles. The monoisotopic (exact) mass is 294 g/mol. The molecule has 0 aliphatic heterocycles. The molecule has 2 N–H and O–H groups in total. The van der Waals surface area contributed by atoms with Gasteiger partial charge >= 0.3 is 5.97 Å². The van der Waals surface area contributed by atoms with Crippen LogP contribution in [0.4, 0.5) is 14.5 Å². The molecule has 0 amide bonds. The number of nitrogens with zero attached hydrogens (tertiary/aromatic N) is 1. The first-order chi connectivity index (χ1) is 9.99. The SMILES string of the molecule is CCOC(=O)c1cc(Oc2cc(F)cc(F)c2)ncc1N. The fourth-order valence-electron chi connectivity index (χ4n) is 1.60. The average molecular weight is 294 g/mol. The van der Waals surface area contributed by atoms with Crippen molar-refractivity contribution in [3.63, 3.8) is 0 Å². The van der Waals surface area contributed by atoms with Crippen LogP contribution in [0.25, 0.3) is 0 Å². The third kappa shape index (κ3) is 3.65. The summed E-state index contributed by atoms with van der Waals surface area (Å²) >= 11 is 0. The highest BCUT2D eigenvalue weighted by atomic mass is 19.1. The molecule has 7 heteroatoms. The molecule has 0 aliphatic rings. The third-order valence-electron chi connectivity index (χ3n) is 2.46. The Morgan fingerprint density at radius 3 is 2.52 bits per heavy atom. The van der Waals surface area contributed by atoms with Crippen LogP contribution in [0.2, 0.25) is 0 Å². The van der Waals surface area contributed by atoms with Crippen molar-refractivity contribution in [1.29, 1.82) is 0 Å². The summed E-state index contributed by atoms with van der Waals surface area (Å²) in [5, 5.41) is 0. The molecule has 1 heterocycles.